The van der Waals surface area contributed by atoms with Crippen LogP contribution in [0.1, 0.15) is 0 Å². The van der Waals surface area contributed by atoms with E-state index in [0.29, 0.717) is 0 Å². The van der Waals surface area contributed by atoms with Crippen LogP contribution in [0.25, 0.3) is 0 Å². The molecule has 0 aromatic rings. The predicted octanol–water partition coefficient (Wildman–Crippen LogP) is -2.56. The van der Waals surface area contributed by atoms with Crippen LogP contribution in [0.15, 0.2) is 0 Å². The number of nitrogens with one attached hydrogen (secondary N) is 1. The van der Waals surface area contributed by atoms with Crippen molar-refractivity contribution in [1.29, 1.82) is 0 Å². The molecule has 0 fully saturated rings. The smallest absolute Gasteiger partial charge is 0.412 e. The van der Waals surface area contributed by atoms with Gasteiger partial charge in [-0.05, 0) is 0 Å². The summed E-state index contributed by atoms with van der Waals surface area (Å²) in [5.74, 6) is 4.57. The minimum absolute atomic E-state index is 0. The van der Waals surface area contributed by atoms with E-state index >= 15 is 0 Å². The van der Waals surface area contributed by atoms with Gasteiger partial charge in [-0.1, -0.05) is 0 Å². The Morgan fingerprint density at radius 2 is 1.75 bits per heavy atom. The summed E-state index contributed by atoms with van der Waals surface area (Å²) in [7, 11) is 0. The van der Waals surface area contributed by atoms with Gasteiger partial charge in [0.25, 0.3) is 0 Å². The summed E-state index contributed by atoms with van der Waals surface area (Å²) in [6.45, 7) is 0. The number of hydrogen-bond donors (Lipinski definition) is 2. The van der Waals surface area contributed by atoms with Crippen molar-refractivity contribution < 1.29 is 5.48 Å². The van der Waals surface area contributed by atoms with Crippen molar-refractivity contribution in [3.63, 3.8) is 0 Å². The largest absolute Gasteiger partial charge is 0.412 e. The van der Waals surface area contributed by atoms with Crippen LogP contribution < -0.4 is 10.3 Å². The molecule has 0 aliphatic heterocycles. The SMILES string of the molecule is NN[SeH].O. The van der Waals surface area contributed by atoms with Gasteiger partial charge in [0, 0.05) is 0 Å². The maximum atomic E-state index is 4.57. The van der Waals surface area contributed by atoms with E-state index < -0.39 is 0 Å². The molecule has 3 nitrogen and oxygen atoms in total. The second-order valence-electron chi connectivity index (χ2n) is 0.129. The Morgan fingerprint density at radius 1 is 1.75 bits per heavy atom. The van der Waals surface area contributed by atoms with Gasteiger partial charge in [-0.2, -0.15) is 0 Å². The van der Waals surface area contributed by atoms with Crippen molar-refractivity contribution >= 4 is 16.2 Å². The summed E-state index contributed by atoms with van der Waals surface area (Å²) in [5, 5.41) is 0. The summed E-state index contributed by atoms with van der Waals surface area (Å²) < 4.78 is 2.19. The molecular formula is H6N2OSe. The molecule has 0 aromatic heterocycles. The molecule has 0 rings (SSSR count). The van der Waals surface area contributed by atoms with Crippen molar-refractivity contribution in [2.45, 2.75) is 0 Å². The molecule has 0 heterocycles. The minimum atomic E-state index is 0. The van der Waals surface area contributed by atoms with Gasteiger partial charge in [-0.25, -0.2) is 0 Å². The van der Waals surface area contributed by atoms with Gasteiger partial charge in [0.1, 0.15) is 0 Å². The van der Waals surface area contributed by atoms with Gasteiger partial charge < -0.3 is 5.48 Å². The molecule has 0 saturated carbocycles. The van der Waals surface area contributed by atoms with Crippen molar-refractivity contribution in [3.05, 3.63) is 0 Å². The molecular weight excluding hydrogens is 123 g/mol. The first-order valence-corrected chi connectivity index (χ1v) is 1.45. The van der Waals surface area contributed by atoms with E-state index in [-0.39, 0.29) is 5.48 Å². The van der Waals surface area contributed by atoms with E-state index in [1.54, 1.807) is 0 Å². The maximum absolute atomic E-state index is 4.57. The molecule has 0 bridgehead atoms. The topological polar surface area (TPSA) is 69.5 Å². The van der Waals surface area contributed by atoms with E-state index in [0.717, 1.165) is 0 Å². The first kappa shape index (κ1) is 8.83. The standard InChI is InChI=1S/H4N2Se.H2O/c1-2-3;/h2-3H,1H2;1H2. The molecule has 0 atom stereocenters. The average Bonchev–Trinajstić information content (AvgIpc) is 0.918. The van der Waals surface area contributed by atoms with Crippen molar-refractivity contribution in [3.8, 4) is 0 Å². The maximum Gasteiger partial charge on any atom is -0.412 e. The number of nitrogens with two attached hydrogens (primary N) is 1. The zero-order valence-electron chi connectivity index (χ0n) is 2.02. The molecule has 28 valence electrons. The third-order valence-corrected chi connectivity index (χ3v) is 0. The Kier molecular flexibility index (Phi) is 22.1. The van der Waals surface area contributed by atoms with E-state index in [1.807, 2.05) is 16.2 Å². The Hall–Kier alpha value is 0.399. The molecule has 0 unspecified atom stereocenters. The van der Waals surface area contributed by atoms with Gasteiger partial charge in [-0.3, -0.25) is 0 Å². The summed E-state index contributed by atoms with van der Waals surface area (Å²) >= 11 is 1.99. The van der Waals surface area contributed by atoms with Crippen LogP contribution in [0.2, 0.25) is 0 Å². The molecule has 0 aliphatic carbocycles. The number of rotatable bonds is 0. The van der Waals surface area contributed by atoms with E-state index in [9.17, 15) is 0 Å². The second kappa shape index (κ2) is 9.99. The summed E-state index contributed by atoms with van der Waals surface area (Å²) in [6.07, 6.45) is 0. The van der Waals surface area contributed by atoms with Crippen LogP contribution in [0.4, 0.5) is 0 Å². The van der Waals surface area contributed by atoms with E-state index in [2.05, 4.69) is 10.3 Å². The Morgan fingerprint density at radius 3 is 1.75 bits per heavy atom. The van der Waals surface area contributed by atoms with E-state index in [1.165, 1.54) is 0 Å². The zero-order chi connectivity index (χ0) is 2.71. The van der Waals surface area contributed by atoms with Gasteiger partial charge in [0.15, 0.2) is 0 Å². The van der Waals surface area contributed by atoms with Gasteiger partial charge >= 0.3 is 26.5 Å². The molecule has 4 heavy (non-hydrogen) atoms. The molecule has 0 aromatic carbocycles. The minimum Gasteiger partial charge on any atom is -0.412 e. The Labute approximate surface area is 32.9 Å². The molecule has 0 amide bonds. The van der Waals surface area contributed by atoms with Gasteiger partial charge in [0.2, 0.25) is 0 Å². The molecule has 5 N–H and O–H groups in total. The van der Waals surface area contributed by atoms with Crippen LogP contribution >= 0.6 is 0 Å². The Balaban J connectivity index is 0. The molecule has 0 saturated heterocycles. The fourth-order valence-electron chi connectivity index (χ4n) is 0. The number of hydrogen-bond acceptors (Lipinski definition) is 2. The van der Waals surface area contributed by atoms with Crippen LogP contribution in [-0.2, 0) is 0 Å². The molecule has 4 heteroatoms. The quantitative estimate of drug-likeness (QED) is 0.214. The van der Waals surface area contributed by atoms with Crippen LogP contribution in [-0.4, -0.2) is 21.7 Å². The summed E-state index contributed by atoms with van der Waals surface area (Å²) in [5.41, 5.74) is 0. The molecule has 0 radical (unpaired) electrons. The third-order valence-electron chi connectivity index (χ3n) is 0. The fourth-order valence-corrected chi connectivity index (χ4v) is 0. The Bertz CT molecular complexity index is 6.00. The summed E-state index contributed by atoms with van der Waals surface area (Å²) in [4.78, 5) is 0. The molecule has 0 spiro atoms. The van der Waals surface area contributed by atoms with Crippen molar-refractivity contribution in [2.75, 3.05) is 0 Å². The van der Waals surface area contributed by atoms with E-state index in [4.69, 9.17) is 0 Å². The van der Waals surface area contributed by atoms with Crippen LogP contribution in [0.5, 0.6) is 0 Å². The average molecular weight is 129 g/mol. The monoisotopic (exact) mass is 130 g/mol. The first-order chi connectivity index (χ1) is 1.41. The van der Waals surface area contributed by atoms with Gasteiger partial charge in [0.05, 0.1) is 0 Å². The normalized spacial score (nSPS) is 4.50. The van der Waals surface area contributed by atoms with Gasteiger partial charge in [-0.15, -0.1) is 0 Å². The summed E-state index contributed by atoms with van der Waals surface area (Å²) in [6, 6.07) is 0. The first-order valence-electron chi connectivity index (χ1n) is 0.512. The van der Waals surface area contributed by atoms with Crippen LogP contribution in [0.3, 0.4) is 0 Å². The predicted molar refractivity (Wildman–Crippen MR) is 18.1 cm³/mol. The zero-order valence-corrected chi connectivity index (χ0v) is 3.90. The molecule has 0 aliphatic rings. The van der Waals surface area contributed by atoms with Crippen LogP contribution in [0, 0.1) is 0 Å². The van der Waals surface area contributed by atoms with Crippen molar-refractivity contribution in [2.24, 2.45) is 5.84 Å². The second-order valence-corrected chi connectivity index (χ2v) is 0.671. The third kappa shape index (κ3) is 29.4. The number of hydrazine groups is 1. The fraction of sp³-hybridized carbons (Fsp3) is 0. The van der Waals surface area contributed by atoms with Crippen molar-refractivity contribution in [1.82, 2.24) is 4.44 Å².